The van der Waals surface area contributed by atoms with E-state index in [4.69, 9.17) is 104 Å². The Balaban J connectivity index is 0.000000156. The SMILES string of the molecule is CC(=O)c1oc(-c2c(Cl)ccn2S(=O)(=O)c2ccc(C)cc2)cc1OCc1ccccc1.CCOc1cc(-c2c(Cl)ccn2S(=O)(=O)c2ccc(C)cc2)oc1C(C)=O.COc1cc(-c2c(Cl)ccn2S(=O)(=O)c2ccc(C)cc2)oc1/C(C)=C/CC(C)C.COc1cc(-c2c(Cl)ccn2S(=O)(=O)c2ccc(C)cc2)oc1/C(C)=C/CN(C)C.COc1cc(-c2c(Cl)ccn2S(=O)(=O)c2ccc(C)cc2)oc1C#Cc1ccccc1. The van der Waals surface area contributed by atoms with Crippen molar-refractivity contribution in [2.45, 2.75) is 121 Å². The van der Waals surface area contributed by atoms with Crippen molar-refractivity contribution in [3.63, 3.8) is 0 Å². The van der Waals surface area contributed by atoms with Crippen LogP contribution in [0.3, 0.4) is 0 Å². The Kier molecular flexibility index (Phi) is 36.7. The van der Waals surface area contributed by atoms with Crippen LogP contribution in [0.15, 0.2) is 332 Å². The number of hydrogen-bond acceptors (Lipinski definition) is 23. The molecule has 0 unspecified atom stereocenters. The van der Waals surface area contributed by atoms with Crippen molar-refractivity contribution in [3.05, 3.63) is 379 Å². The molecule has 10 heterocycles. The number of benzene rings is 7. The van der Waals surface area contributed by atoms with Crippen LogP contribution in [-0.2, 0) is 56.7 Å². The predicted molar refractivity (Wildman–Crippen MR) is 584 cm³/mol. The number of hydrogen-bond donors (Lipinski definition) is 0. The topological polar surface area (TPSA) is 345 Å². The van der Waals surface area contributed by atoms with E-state index in [1.807, 2.05) is 134 Å². The Morgan fingerprint density at radius 2 is 0.627 bits per heavy atom. The van der Waals surface area contributed by atoms with Crippen LogP contribution in [0.2, 0.25) is 25.1 Å². The number of aromatic nitrogens is 5. The van der Waals surface area contributed by atoms with Crippen LogP contribution in [0.4, 0.5) is 0 Å². The van der Waals surface area contributed by atoms with E-state index in [-0.39, 0.29) is 142 Å². The zero-order chi connectivity index (χ0) is 109. The van der Waals surface area contributed by atoms with Gasteiger partial charge in [-0.2, -0.15) is 0 Å². The molecule has 38 heteroatoms. The summed E-state index contributed by atoms with van der Waals surface area (Å²) in [7, 11) is -10.9. The quantitative estimate of drug-likeness (QED) is 0.0288. The lowest BCUT2D eigenvalue weighted by atomic mass is 10.1. The van der Waals surface area contributed by atoms with Gasteiger partial charge in [0.05, 0.1) is 77.5 Å². The number of Topliss-reactive ketones (excluding diaryl/α,β-unsaturated/α-hetero) is 2. The average Bonchev–Trinajstić information content (AvgIpc) is 1.63. The van der Waals surface area contributed by atoms with Crippen LogP contribution in [0, 0.1) is 52.4 Å². The van der Waals surface area contributed by atoms with Gasteiger partial charge in [0.25, 0.3) is 50.1 Å². The Morgan fingerprint density at radius 1 is 0.353 bits per heavy atom. The van der Waals surface area contributed by atoms with Gasteiger partial charge in [-0.1, -0.05) is 227 Å². The number of ketones is 2. The first kappa shape index (κ1) is 113. The van der Waals surface area contributed by atoms with Gasteiger partial charge < -0.3 is 50.7 Å². The number of carbonyl (C=O) groups is 2. The molecule has 0 aliphatic heterocycles. The van der Waals surface area contributed by atoms with Crippen LogP contribution in [0.25, 0.3) is 68.4 Å². The molecule has 782 valence electrons. The lowest BCUT2D eigenvalue weighted by Gasteiger charge is -2.10. The standard InChI is InChI=1S/C24H20ClNO5S.C24H18ClNO4S.C23H26ClNO4S.C22H25ClN2O4S.C19H18ClNO5S/c1-16-8-10-19(11-9-16)32(28,29)26-13-12-20(25)23(26)21-14-22(24(31-21)17(2)27)30-15-18-6-4-3-5-7-18;1-17-8-11-19(12-9-17)31(27,28)26-15-14-20(25)24(26)23-16-22(29-2)21(30-23)13-10-18-6-4-3-5-7-18;1-15(2)6-9-17(4)23-21(28-5)14-20(29-23)22-19(24)12-13-25(22)30(26,27)18-10-7-16(3)8-11-18;1-15-6-8-17(9-7-15)30(26,27)25-13-11-18(23)21(25)19-14-20(28-5)22(29-19)16(2)10-12-24(3)4;1-4-25-17-11-16(26-19(17)13(3)22)18-15(20)9-10-21(18)27(23,24)14-7-5-12(2)6-8-14/h3-14H,15H2,1-2H3;3-9,11-12,14-16H,1-2H3;7-15H,6H2,1-5H3;6-11,13-14H,12H2,1-5H3;5-11H,4H2,1-3H3/b;;17-9+;16-10+;. The van der Waals surface area contributed by atoms with E-state index in [1.54, 1.807) is 142 Å². The molecule has 150 heavy (non-hydrogen) atoms. The molecular formula is C112H107Cl5N6O22S5. The zero-order valence-electron chi connectivity index (χ0n) is 84.6. The molecule has 0 N–H and O–H groups in total. The first-order valence-corrected chi connectivity index (χ1v) is 55.5. The molecule has 0 saturated carbocycles. The second kappa shape index (κ2) is 48.7. The summed E-state index contributed by atoms with van der Waals surface area (Å²) in [5.41, 5.74) is 9.27. The van der Waals surface area contributed by atoms with Crippen LogP contribution >= 0.6 is 58.0 Å². The maximum absolute atomic E-state index is 13.3. The van der Waals surface area contributed by atoms with Crippen molar-refractivity contribution >= 4 is 131 Å². The van der Waals surface area contributed by atoms with Gasteiger partial charge in [0.1, 0.15) is 35.1 Å². The van der Waals surface area contributed by atoms with Crippen molar-refractivity contribution in [2.24, 2.45) is 5.92 Å². The second-order valence-corrected chi connectivity index (χ2v) is 46.0. The van der Waals surface area contributed by atoms with Gasteiger partial charge in [-0.3, -0.25) is 9.59 Å². The van der Waals surface area contributed by atoms with Crippen LogP contribution in [-0.4, -0.2) is 127 Å². The normalized spacial score (nSPS) is 11.8. The monoisotopic (exact) mass is 2220 g/mol. The summed E-state index contributed by atoms with van der Waals surface area (Å²) in [4.78, 5) is 26.7. The van der Waals surface area contributed by atoms with E-state index in [1.165, 1.54) is 113 Å². The summed E-state index contributed by atoms with van der Waals surface area (Å²) in [6.07, 6.45) is 11.9. The third kappa shape index (κ3) is 25.9. The molecule has 0 saturated heterocycles. The van der Waals surface area contributed by atoms with E-state index in [0.29, 0.717) is 52.8 Å². The maximum atomic E-state index is 13.3. The van der Waals surface area contributed by atoms with E-state index >= 15 is 0 Å². The van der Waals surface area contributed by atoms with E-state index < -0.39 is 50.1 Å². The Bertz CT molecular complexity index is 8300. The van der Waals surface area contributed by atoms with Crippen molar-refractivity contribution in [1.82, 2.24) is 24.8 Å². The molecule has 0 atom stereocenters. The van der Waals surface area contributed by atoms with Gasteiger partial charge in [0.15, 0.2) is 80.6 Å². The van der Waals surface area contributed by atoms with Gasteiger partial charge in [-0.15, -0.1) is 0 Å². The molecule has 0 spiro atoms. The summed E-state index contributed by atoms with van der Waals surface area (Å²) in [5, 5.41) is 1.12. The van der Waals surface area contributed by atoms with Crippen LogP contribution in [0.5, 0.6) is 28.7 Å². The first-order chi connectivity index (χ1) is 71.2. The Morgan fingerprint density at radius 3 is 0.913 bits per heavy atom. The molecule has 0 bridgehead atoms. The molecular weight excluding hydrogens is 2120 g/mol. The number of halogens is 5. The highest BCUT2D eigenvalue weighted by Gasteiger charge is 2.34. The third-order valence-electron chi connectivity index (χ3n) is 22.9. The number of furan rings is 5. The number of rotatable bonds is 31. The molecule has 0 fully saturated rings. The summed E-state index contributed by atoms with van der Waals surface area (Å²) in [6, 6.07) is 67.1. The van der Waals surface area contributed by atoms with Gasteiger partial charge in [-0.25, -0.2) is 62.0 Å². The lowest BCUT2D eigenvalue weighted by Crippen LogP contribution is -2.13. The number of methoxy groups -OCH3 is 3. The van der Waals surface area contributed by atoms with Gasteiger partial charge in [-0.05, 0) is 208 Å². The first-order valence-electron chi connectivity index (χ1n) is 46.4. The molecule has 7 aromatic carbocycles. The Labute approximate surface area is 897 Å². The number of aryl methyl sites for hydroxylation is 5. The van der Waals surface area contributed by atoms with Crippen LogP contribution < -0.4 is 23.7 Å². The predicted octanol–water partition coefficient (Wildman–Crippen LogP) is 27.0. The molecule has 10 aromatic heterocycles. The highest BCUT2D eigenvalue weighted by Crippen LogP contribution is 2.46. The zero-order valence-corrected chi connectivity index (χ0v) is 92.5. The fraction of sp³-hybridized carbons (Fsp3) is 0.196. The summed E-state index contributed by atoms with van der Waals surface area (Å²) >= 11 is 31.7. The van der Waals surface area contributed by atoms with Gasteiger partial charge in [0.2, 0.25) is 17.3 Å². The molecule has 0 aliphatic carbocycles. The maximum Gasteiger partial charge on any atom is 0.268 e. The molecule has 17 rings (SSSR count). The van der Waals surface area contributed by atoms with Gasteiger partial charge >= 0.3 is 0 Å². The number of allylic oxidation sites excluding steroid dienone is 3. The third-order valence-corrected chi connectivity index (χ3v) is 32.8. The minimum absolute atomic E-state index is 0.00696. The fourth-order valence-electron chi connectivity index (χ4n) is 14.9. The van der Waals surface area contributed by atoms with E-state index in [2.05, 4.69) is 31.8 Å². The van der Waals surface area contributed by atoms with Gasteiger partial charge in [0, 0.05) is 87.3 Å². The number of carbonyl (C=O) groups excluding carboxylic acids is 2. The number of nitrogens with zero attached hydrogens (tertiary/aromatic N) is 6. The minimum atomic E-state index is -3.95. The van der Waals surface area contributed by atoms with Crippen molar-refractivity contribution in [3.8, 4) is 97.9 Å². The fourth-order valence-corrected chi connectivity index (χ4v) is 23.2. The van der Waals surface area contributed by atoms with E-state index in [0.717, 1.165) is 82.9 Å². The van der Waals surface area contributed by atoms with E-state index in [9.17, 15) is 51.7 Å². The highest BCUT2D eigenvalue weighted by atomic mass is 35.5. The molecule has 17 aromatic rings. The summed E-state index contributed by atoms with van der Waals surface area (Å²) in [5.74, 6) is 10.1. The van der Waals surface area contributed by atoms with Crippen molar-refractivity contribution in [2.75, 3.05) is 48.6 Å². The lowest BCUT2D eigenvalue weighted by molar-refractivity contribution is 0.0974. The number of likely N-dealkylation sites (N-methyl/N-ethyl adjacent to an activating group) is 1. The summed E-state index contributed by atoms with van der Waals surface area (Å²) < 4.78 is 194. The molecule has 28 nitrogen and oxygen atoms in total. The smallest absolute Gasteiger partial charge is 0.268 e. The van der Waals surface area contributed by atoms with Crippen molar-refractivity contribution in [1.29, 1.82) is 0 Å². The minimum Gasteiger partial charge on any atom is -0.493 e. The van der Waals surface area contributed by atoms with Crippen LogP contribution in [0.1, 0.15) is 132 Å². The largest absolute Gasteiger partial charge is 0.493 e. The summed E-state index contributed by atoms with van der Waals surface area (Å²) in [6.45, 7) is 23.3. The average molecular weight is 2230 g/mol. The number of ether oxygens (including phenoxy) is 5. The Hall–Kier alpha value is -14.1. The second-order valence-electron chi connectivity index (χ2n) is 34.9. The van der Waals surface area contributed by atoms with Crippen molar-refractivity contribution < 1.29 is 97.4 Å². The molecule has 0 amide bonds. The highest BCUT2D eigenvalue weighted by molar-refractivity contribution is 7.91. The molecule has 0 aliphatic rings. The molecule has 0 radical (unpaired) electrons.